The molecule has 0 bridgehead atoms. The van der Waals surface area contributed by atoms with Gasteiger partial charge in [0.15, 0.2) is 0 Å². The van der Waals surface area contributed by atoms with Crippen molar-refractivity contribution in [1.29, 1.82) is 0 Å². The molecular weight excluding hydrogens is 210 g/mol. The summed E-state index contributed by atoms with van der Waals surface area (Å²) in [6.07, 6.45) is 6.50. The third-order valence-corrected chi connectivity index (χ3v) is 3.56. The third-order valence-electron chi connectivity index (χ3n) is 3.56. The smallest absolute Gasteiger partial charge is 0.220 e. The quantitative estimate of drug-likeness (QED) is 0.808. The van der Waals surface area contributed by atoms with Crippen LogP contribution in [0.1, 0.15) is 70.2 Å². The van der Waals surface area contributed by atoms with E-state index in [-0.39, 0.29) is 5.41 Å². The Bertz CT molecular complexity index is 387. The lowest BCUT2D eigenvalue weighted by Gasteiger charge is -2.24. The van der Waals surface area contributed by atoms with Gasteiger partial charge in [0.2, 0.25) is 5.95 Å². The van der Waals surface area contributed by atoms with E-state index < -0.39 is 0 Å². The molecular formula is C14H23N3. The van der Waals surface area contributed by atoms with Crippen LogP contribution in [-0.4, -0.2) is 9.97 Å². The molecule has 0 spiro atoms. The number of aromatic nitrogens is 2. The molecule has 2 rings (SSSR count). The van der Waals surface area contributed by atoms with Crippen LogP contribution in [0.25, 0.3) is 0 Å². The van der Waals surface area contributed by atoms with Crippen LogP contribution in [-0.2, 0) is 5.41 Å². The number of anilines is 1. The monoisotopic (exact) mass is 233 g/mol. The van der Waals surface area contributed by atoms with Crippen molar-refractivity contribution in [1.82, 2.24) is 9.97 Å². The normalized spacial score (nSPS) is 18.3. The van der Waals surface area contributed by atoms with Gasteiger partial charge in [-0.05, 0) is 18.9 Å². The average Bonchev–Trinajstić information content (AvgIpc) is 2.28. The molecule has 1 aliphatic carbocycles. The molecule has 2 N–H and O–H groups in total. The minimum Gasteiger partial charge on any atom is -0.368 e. The number of nitrogens with zero attached hydrogens (tertiary/aromatic N) is 2. The highest BCUT2D eigenvalue weighted by molar-refractivity contribution is 5.28. The Morgan fingerprint density at radius 1 is 1.12 bits per heavy atom. The highest BCUT2D eigenvalue weighted by Gasteiger charge is 2.22. The zero-order valence-electron chi connectivity index (χ0n) is 11.2. The van der Waals surface area contributed by atoms with E-state index in [1.54, 1.807) is 0 Å². The molecule has 94 valence electrons. The molecule has 3 nitrogen and oxygen atoms in total. The second-order valence-corrected chi connectivity index (χ2v) is 6.12. The predicted octanol–water partition coefficient (Wildman–Crippen LogP) is 3.40. The van der Waals surface area contributed by atoms with Crippen LogP contribution in [0.4, 0.5) is 5.95 Å². The average molecular weight is 233 g/mol. The van der Waals surface area contributed by atoms with Gasteiger partial charge in [-0.15, -0.1) is 0 Å². The lowest BCUT2D eigenvalue weighted by molar-refractivity contribution is 0.434. The van der Waals surface area contributed by atoms with Gasteiger partial charge in [-0.2, -0.15) is 0 Å². The maximum Gasteiger partial charge on any atom is 0.220 e. The van der Waals surface area contributed by atoms with Crippen molar-refractivity contribution in [2.45, 2.75) is 64.2 Å². The largest absolute Gasteiger partial charge is 0.368 e. The Morgan fingerprint density at radius 3 is 2.35 bits per heavy atom. The summed E-state index contributed by atoms with van der Waals surface area (Å²) in [6, 6.07) is 2.16. The molecule has 0 unspecified atom stereocenters. The molecule has 1 aromatic rings. The minimum absolute atomic E-state index is 0.0421. The maximum absolute atomic E-state index is 5.84. The number of nitrogen functional groups attached to an aromatic ring is 1. The Hall–Kier alpha value is -1.12. The predicted molar refractivity (Wildman–Crippen MR) is 71.0 cm³/mol. The zero-order chi connectivity index (χ0) is 12.5. The van der Waals surface area contributed by atoms with Gasteiger partial charge in [0.05, 0.1) is 5.69 Å². The van der Waals surface area contributed by atoms with Gasteiger partial charge < -0.3 is 5.73 Å². The highest BCUT2D eigenvalue weighted by atomic mass is 15.0. The number of nitrogens with two attached hydrogens (primary N) is 1. The van der Waals surface area contributed by atoms with Gasteiger partial charge in [0.25, 0.3) is 0 Å². The third kappa shape index (κ3) is 2.96. The van der Waals surface area contributed by atoms with Gasteiger partial charge in [0.1, 0.15) is 0 Å². The Morgan fingerprint density at radius 2 is 1.76 bits per heavy atom. The molecule has 1 aliphatic rings. The van der Waals surface area contributed by atoms with E-state index >= 15 is 0 Å². The van der Waals surface area contributed by atoms with Crippen LogP contribution in [0.2, 0.25) is 0 Å². The van der Waals surface area contributed by atoms with E-state index in [4.69, 9.17) is 5.73 Å². The van der Waals surface area contributed by atoms with Crippen molar-refractivity contribution in [2.24, 2.45) is 0 Å². The van der Waals surface area contributed by atoms with Crippen molar-refractivity contribution in [2.75, 3.05) is 5.73 Å². The summed E-state index contributed by atoms with van der Waals surface area (Å²) in [5.41, 5.74) is 8.10. The lowest BCUT2D eigenvalue weighted by Crippen LogP contribution is -2.18. The molecule has 0 atom stereocenters. The fourth-order valence-electron chi connectivity index (χ4n) is 2.48. The molecule has 0 amide bonds. The highest BCUT2D eigenvalue weighted by Crippen LogP contribution is 2.33. The van der Waals surface area contributed by atoms with Crippen LogP contribution in [0.5, 0.6) is 0 Å². The van der Waals surface area contributed by atoms with Crippen molar-refractivity contribution in [3.63, 3.8) is 0 Å². The van der Waals surface area contributed by atoms with Crippen LogP contribution < -0.4 is 5.73 Å². The Balaban J connectivity index is 2.31. The summed E-state index contributed by atoms with van der Waals surface area (Å²) in [5, 5.41) is 0. The number of rotatable bonds is 1. The summed E-state index contributed by atoms with van der Waals surface area (Å²) < 4.78 is 0. The van der Waals surface area contributed by atoms with Crippen molar-refractivity contribution in [3.8, 4) is 0 Å². The van der Waals surface area contributed by atoms with Crippen LogP contribution in [0.15, 0.2) is 6.07 Å². The standard InChI is InChI=1S/C14H23N3/c1-14(2,3)12-9-11(16-13(15)17-12)10-7-5-4-6-8-10/h9-10H,4-8H2,1-3H3,(H2,15,16,17). The summed E-state index contributed by atoms with van der Waals surface area (Å²) in [7, 11) is 0. The molecule has 0 saturated heterocycles. The van der Waals surface area contributed by atoms with Crippen LogP contribution >= 0.6 is 0 Å². The molecule has 0 aromatic carbocycles. The van der Waals surface area contributed by atoms with Gasteiger partial charge in [0, 0.05) is 17.0 Å². The zero-order valence-corrected chi connectivity index (χ0v) is 11.2. The molecule has 17 heavy (non-hydrogen) atoms. The summed E-state index contributed by atoms with van der Waals surface area (Å²) >= 11 is 0. The summed E-state index contributed by atoms with van der Waals surface area (Å²) in [6.45, 7) is 6.50. The molecule has 1 heterocycles. The fourth-order valence-corrected chi connectivity index (χ4v) is 2.48. The first kappa shape index (κ1) is 12.3. The second kappa shape index (κ2) is 4.63. The Kier molecular flexibility index (Phi) is 3.36. The minimum atomic E-state index is 0.0421. The van der Waals surface area contributed by atoms with Crippen molar-refractivity contribution in [3.05, 3.63) is 17.5 Å². The first-order chi connectivity index (χ1) is 7.97. The van der Waals surface area contributed by atoms with Crippen LogP contribution in [0.3, 0.4) is 0 Å². The van der Waals surface area contributed by atoms with E-state index in [0.29, 0.717) is 11.9 Å². The number of hydrogen-bond donors (Lipinski definition) is 1. The fraction of sp³-hybridized carbons (Fsp3) is 0.714. The van der Waals surface area contributed by atoms with Gasteiger partial charge >= 0.3 is 0 Å². The first-order valence-corrected chi connectivity index (χ1v) is 6.62. The second-order valence-electron chi connectivity index (χ2n) is 6.12. The maximum atomic E-state index is 5.84. The number of hydrogen-bond acceptors (Lipinski definition) is 3. The molecule has 1 saturated carbocycles. The Labute approximate surface area is 104 Å². The molecule has 0 aliphatic heterocycles. The van der Waals surface area contributed by atoms with Crippen LogP contribution in [0, 0.1) is 0 Å². The van der Waals surface area contributed by atoms with Gasteiger partial charge in [-0.1, -0.05) is 40.0 Å². The molecule has 3 heteroatoms. The topological polar surface area (TPSA) is 51.8 Å². The van der Waals surface area contributed by atoms with Crippen molar-refractivity contribution < 1.29 is 0 Å². The van der Waals surface area contributed by atoms with E-state index in [1.807, 2.05) is 0 Å². The van der Waals surface area contributed by atoms with E-state index in [9.17, 15) is 0 Å². The first-order valence-electron chi connectivity index (χ1n) is 6.62. The SMILES string of the molecule is CC(C)(C)c1cc(C2CCCCC2)nc(N)n1. The van der Waals surface area contributed by atoms with E-state index in [1.165, 1.54) is 32.1 Å². The van der Waals surface area contributed by atoms with E-state index in [0.717, 1.165) is 11.4 Å². The molecule has 1 aromatic heterocycles. The molecule has 0 radical (unpaired) electrons. The van der Waals surface area contributed by atoms with Gasteiger partial charge in [-0.25, -0.2) is 9.97 Å². The summed E-state index contributed by atoms with van der Waals surface area (Å²) in [4.78, 5) is 8.80. The molecule has 1 fully saturated rings. The van der Waals surface area contributed by atoms with E-state index in [2.05, 4.69) is 36.8 Å². The van der Waals surface area contributed by atoms with Crippen molar-refractivity contribution >= 4 is 5.95 Å². The van der Waals surface area contributed by atoms with Gasteiger partial charge in [-0.3, -0.25) is 0 Å². The lowest BCUT2D eigenvalue weighted by atomic mass is 9.84. The summed E-state index contributed by atoms with van der Waals surface area (Å²) in [5.74, 6) is 1.02.